The van der Waals surface area contributed by atoms with E-state index in [1.54, 1.807) is 0 Å². The van der Waals surface area contributed by atoms with Crippen LogP contribution in [0.25, 0.3) is 0 Å². The third-order valence-electron chi connectivity index (χ3n) is 4.48. The molecule has 134 valence electrons. The molecule has 1 aromatic rings. The van der Waals surface area contributed by atoms with Gasteiger partial charge in [0.1, 0.15) is 5.60 Å². The summed E-state index contributed by atoms with van der Waals surface area (Å²) in [5.41, 5.74) is 1.67. The molecule has 4 heteroatoms. The monoisotopic (exact) mass is 332 g/mol. The minimum Gasteiger partial charge on any atom is -0.444 e. The molecule has 1 aromatic carbocycles. The average molecular weight is 332 g/mol. The molecule has 1 saturated heterocycles. The molecular formula is C20H32N2O2. The highest BCUT2D eigenvalue weighted by Crippen LogP contribution is 2.34. The van der Waals surface area contributed by atoms with E-state index in [2.05, 4.69) is 55.7 Å². The van der Waals surface area contributed by atoms with Crippen LogP contribution in [0, 0.1) is 0 Å². The Labute approximate surface area is 146 Å². The third-order valence-corrected chi connectivity index (χ3v) is 4.48. The van der Waals surface area contributed by atoms with Crippen molar-refractivity contribution in [3.8, 4) is 0 Å². The Kier molecular flexibility index (Phi) is 5.28. The van der Waals surface area contributed by atoms with Crippen molar-refractivity contribution in [2.24, 2.45) is 0 Å². The molecule has 0 spiro atoms. The van der Waals surface area contributed by atoms with Crippen molar-refractivity contribution >= 4 is 6.09 Å². The van der Waals surface area contributed by atoms with Gasteiger partial charge < -0.3 is 15.4 Å². The number of carbonyl (C=O) groups is 1. The zero-order chi connectivity index (χ0) is 18.0. The Morgan fingerprint density at radius 1 is 1.12 bits per heavy atom. The SMILES string of the molecule is CC(C)(C)OC(=O)NC1(c2cccc(C(C)(C)C)c2)CCNCC1. The molecule has 1 fully saturated rings. The molecule has 1 amide bonds. The Morgan fingerprint density at radius 2 is 1.75 bits per heavy atom. The van der Waals surface area contributed by atoms with Crippen LogP contribution in [-0.4, -0.2) is 24.8 Å². The Hall–Kier alpha value is -1.55. The van der Waals surface area contributed by atoms with Gasteiger partial charge in [-0.3, -0.25) is 0 Å². The van der Waals surface area contributed by atoms with E-state index in [1.165, 1.54) is 11.1 Å². The summed E-state index contributed by atoms with van der Waals surface area (Å²) in [6, 6.07) is 8.61. The van der Waals surface area contributed by atoms with E-state index in [0.717, 1.165) is 25.9 Å². The predicted molar refractivity (Wildman–Crippen MR) is 98.3 cm³/mol. The van der Waals surface area contributed by atoms with E-state index in [9.17, 15) is 4.79 Å². The van der Waals surface area contributed by atoms with Crippen molar-refractivity contribution in [2.75, 3.05) is 13.1 Å². The predicted octanol–water partition coefficient (Wildman–Crippen LogP) is 4.09. The van der Waals surface area contributed by atoms with E-state index >= 15 is 0 Å². The maximum Gasteiger partial charge on any atom is 0.408 e. The van der Waals surface area contributed by atoms with Crippen LogP contribution < -0.4 is 10.6 Å². The van der Waals surface area contributed by atoms with E-state index in [0.29, 0.717) is 0 Å². The van der Waals surface area contributed by atoms with Crippen LogP contribution >= 0.6 is 0 Å². The Bertz CT molecular complexity index is 576. The van der Waals surface area contributed by atoms with Gasteiger partial charge in [0.05, 0.1) is 5.54 Å². The van der Waals surface area contributed by atoms with Crippen molar-refractivity contribution in [2.45, 2.75) is 70.9 Å². The number of hydrogen-bond acceptors (Lipinski definition) is 3. The molecule has 1 aliphatic heterocycles. The number of rotatable bonds is 2. The highest BCUT2D eigenvalue weighted by atomic mass is 16.6. The standard InChI is InChI=1S/C20H32N2O2/c1-18(2,3)15-8-7-9-16(14-15)20(10-12-21-13-11-20)22-17(23)24-19(4,5)6/h7-9,14,21H,10-13H2,1-6H3,(H,22,23). The molecule has 4 nitrogen and oxygen atoms in total. The molecular weight excluding hydrogens is 300 g/mol. The van der Waals surface area contributed by atoms with Crippen LogP contribution in [0.4, 0.5) is 4.79 Å². The van der Waals surface area contributed by atoms with Crippen LogP contribution in [0.1, 0.15) is 65.5 Å². The lowest BCUT2D eigenvalue weighted by Crippen LogP contribution is -2.53. The van der Waals surface area contributed by atoms with Crippen LogP contribution in [0.15, 0.2) is 24.3 Å². The lowest BCUT2D eigenvalue weighted by molar-refractivity contribution is 0.0426. The summed E-state index contributed by atoms with van der Waals surface area (Å²) in [5.74, 6) is 0. The molecule has 0 saturated carbocycles. The average Bonchev–Trinajstić information content (AvgIpc) is 2.45. The van der Waals surface area contributed by atoms with E-state index in [4.69, 9.17) is 4.74 Å². The van der Waals surface area contributed by atoms with E-state index < -0.39 is 5.60 Å². The van der Waals surface area contributed by atoms with Gasteiger partial charge in [0.25, 0.3) is 0 Å². The number of alkyl carbamates (subject to hydrolysis) is 1. The van der Waals surface area contributed by atoms with Crippen molar-refractivity contribution in [1.82, 2.24) is 10.6 Å². The molecule has 1 aliphatic rings. The first-order valence-corrected chi connectivity index (χ1v) is 8.85. The number of carbonyl (C=O) groups excluding carboxylic acids is 1. The number of ether oxygens (including phenoxy) is 1. The number of benzene rings is 1. The molecule has 2 N–H and O–H groups in total. The molecule has 2 rings (SSSR count). The largest absolute Gasteiger partial charge is 0.444 e. The molecule has 0 radical (unpaired) electrons. The van der Waals surface area contributed by atoms with Gasteiger partial charge in [-0.15, -0.1) is 0 Å². The van der Waals surface area contributed by atoms with Gasteiger partial charge in [0.15, 0.2) is 0 Å². The van der Waals surface area contributed by atoms with Crippen LogP contribution in [0.2, 0.25) is 0 Å². The quantitative estimate of drug-likeness (QED) is 0.858. The summed E-state index contributed by atoms with van der Waals surface area (Å²) >= 11 is 0. The topological polar surface area (TPSA) is 50.4 Å². The van der Waals surface area contributed by atoms with Crippen LogP contribution in [-0.2, 0) is 15.7 Å². The number of amides is 1. The van der Waals surface area contributed by atoms with Crippen molar-refractivity contribution in [1.29, 1.82) is 0 Å². The summed E-state index contributed by atoms with van der Waals surface area (Å²) in [6.45, 7) is 14.1. The van der Waals surface area contributed by atoms with Gasteiger partial charge in [-0.2, -0.15) is 0 Å². The lowest BCUT2D eigenvalue weighted by atomic mass is 9.78. The lowest BCUT2D eigenvalue weighted by Gasteiger charge is -2.40. The van der Waals surface area contributed by atoms with Crippen LogP contribution in [0.3, 0.4) is 0 Å². The van der Waals surface area contributed by atoms with Gasteiger partial charge in [-0.25, -0.2) is 4.79 Å². The van der Waals surface area contributed by atoms with Gasteiger partial charge in [-0.1, -0.05) is 45.0 Å². The summed E-state index contributed by atoms with van der Waals surface area (Å²) in [5, 5.41) is 6.57. The molecule has 0 aromatic heterocycles. The zero-order valence-corrected chi connectivity index (χ0v) is 16.0. The Balaban J connectivity index is 2.33. The smallest absolute Gasteiger partial charge is 0.408 e. The first kappa shape index (κ1) is 18.8. The van der Waals surface area contributed by atoms with Crippen molar-refractivity contribution in [3.05, 3.63) is 35.4 Å². The number of hydrogen-bond donors (Lipinski definition) is 2. The highest BCUT2D eigenvalue weighted by Gasteiger charge is 2.37. The fourth-order valence-corrected chi connectivity index (χ4v) is 3.12. The molecule has 0 bridgehead atoms. The van der Waals surface area contributed by atoms with Crippen molar-refractivity contribution in [3.63, 3.8) is 0 Å². The second kappa shape index (κ2) is 6.75. The van der Waals surface area contributed by atoms with Gasteiger partial charge >= 0.3 is 6.09 Å². The maximum absolute atomic E-state index is 12.4. The maximum atomic E-state index is 12.4. The van der Waals surface area contributed by atoms with Gasteiger partial charge in [0.2, 0.25) is 0 Å². The molecule has 1 heterocycles. The summed E-state index contributed by atoms with van der Waals surface area (Å²) in [7, 11) is 0. The first-order valence-electron chi connectivity index (χ1n) is 8.85. The van der Waals surface area contributed by atoms with E-state index in [-0.39, 0.29) is 17.0 Å². The fourth-order valence-electron chi connectivity index (χ4n) is 3.12. The highest BCUT2D eigenvalue weighted by molar-refractivity contribution is 5.69. The van der Waals surface area contributed by atoms with Crippen LogP contribution in [0.5, 0.6) is 0 Å². The molecule has 24 heavy (non-hydrogen) atoms. The first-order chi connectivity index (χ1) is 11.0. The second-order valence-electron chi connectivity index (χ2n) is 8.79. The molecule has 0 atom stereocenters. The van der Waals surface area contributed by atoms with Gasteiger partial charge in [0, 0.05) is 0 Å². The minimum absolute atomic E-state index is 0.0794. The fraction of sp³-hybridized carbons (Fsp3) is 0.650. The van der Waals surface area contributed by atoms with Crippen molar-refractivity contribution < 1.29 is 9.53 Å². The number of nitrogens with one attached hydrogen (secondary N) is 2. The summed E-state index contributed by atoms with van der Waals surface area (Å²) in [4.78, 5) is 12.4. The molecule has 0 aliphatic carbocycles. The third kappa shape index (κ3) is 4.73. The summed E-state index contributed by atoms with van der Waals surface area (Å²) < 4.78 is 5.51. The normalized spacial score (nSPS) is 18.1. The zero-order valence-electron chi connectivity index (χ0n) is 16.0. The molecule has 0 unspecified atom stereocenters. The number of piperidine rings is 1. The van der Waals surface area contributed by atoms with E-state index in [1.807, 2.05) is 20.8 Å². The second-order valence-corrected chi connectivity index (χ2v) is 8.79. The minimum atomic E-state index is -0.495. The van der Waals surface area contributed by atoms with Gasteiger partial charge in [-0.05, 0) is 63.2 Å². The Morgan fingerprint density at radius 3 is 2.29 bits per heavy atom. The summed E-state index contributed by atoms with van der Waals surface area (Å²) in [6.07, 6.45) is 1.38.